The summed E-state index contributed by atoms with van der Waals surface area (Å²) in [5, 5.41) is 0. The van der Waals surface area contributed by atoms with Crippen molar-refractivity contribution in [3.8, 4) is 0 Å². The van der Waals surface area contributed by atoms with Crippen LogP contribution in [-0.4, -0.2) is 53.7 Å². The van der Waals surface area contributed by atoms with E-state index in [1.165, 1.54) is 0 Å². The summed E-state index contributed by atoms with van der Waals surface area (Å²) in [7, 11) is 0. The number of amides is 2. The van der Waals surface area contributed by atoms with Crippen LogP contribution in [0.4, 0.5) is 0 Å². The Hall–Kier alpha value is -0.770. The van der Waals surface area contributed by atoms with E-state index in [1.54, 1.807) is 0 Å². The van der Waals surface area contributed by atoms with Crippen LogP contribution in [0.3, 0.4) is 0 Å². The van der Waals surface area contributed by atoms with E-state index in [2.05, 4.69) is 0 Å². The van der Waals surface area contributed by atoms with E-state index in [4.69, 9.17) is 11.6 Å². The first-order valence-corrected chi connectivity index (χ1v) is 7.38. The summed E-state index contributed by atoms with van der Waals surface area (Å²) in [4.78, 5) is 27.5. The zero-order valence-electron chi connectivity index (χ0n) is 10.7. The van der Waals surface area contributed by atoms with Gasteiger partial charge in [-0.2, -0.15) is 0 Å². The molecule has 5 heteroatoms. The Balaban J connectivity index is 1.68. The van der Waals surface area contributed by atoms with Gasteiger partial charge in [0.1, 0.15) is 0 Å². The topological polar surface area (TPSA) is 40.6 Å². The molecule has 0 atom stereocenters. The lowest BCUT2D eigenvalue weighted by atomic mass is 10.2. The Labute approximate surface area is 113 Å². The van der Waals surface area contributed by atoms with Crippen LogP contribution in [-0.2, 0) is 9.59 Å². The molecule has 2 rings (SSSR count). The SMILES string of the molecule is O=C(CCCCCl)N1CCN(C(=O)C2CC2)CC1. The summed E-state index contributed by atoms with van der Waals surface area (Å²) < 4.78 is 0. The first-order chi connectivity index (χ1) is 8.72. The lowest BCUT2D eigenvalue weighted by molar-refractivity contribution is -0.140. The molecule has 1 saturated heterocycles. The largest absolute Gasteiger partial charge is 0.339 e. The van der Waals surface area contributed by atoms with E-state index in [9.17, 15) is 9.59 Å². The van der Waals surface area contributed by atoms with Crippen molar-refractivity contribution < 1.29 is 9.59 Å². The lowest BCUT2D eigenvalue weighted by Crippen LogP contribution is -2.51. The highest BCUT2D eigenvalue weighted by Gasteiger charge is 2.34. The molecule has 2 aliphatic rings. The van der Waals surface area contributed by atoms with E-state index in [0.717, 1.165) is 25.7 Å². The maximum Gasteiger partial charge on any atom is 0.225 e. The van der Waals surface area contributed by atoms with Gasteiger partial charge in [-0.25, -0.2) is 0 Å². The van der Waals surface area contributed by atoms with Crippen LogP contribution in [0.2, 0.25) is 0 Å². The summed E-state index contributed by atoms with van der Waals surface area (Å²) in [6.45, 7) is 2.80. The average Bonchev–Trinajstić information content (AvgIpc) is 3.22. The molecule has 2 amide bonds. The second-order valence-electron chi connectivity index (χ2n) is 5.13. The van der Waals surface area contributed by atoms with Gasteiger partial charge in [-0.05, 0) is 25.7 Å². The summed E-state index contributed by atoms with van der Waals surface area (Å²) in [5.41, 5.74) is 0. The Bertz CT molecular complexity index is 310. The fraction of sp³-hybridized carbons (Fsp3) is 0.846. The Morgan fingerprint density at radius 1 is 1.00 bits per heavy atom. The highest BCUT2D eigenvalue weighted by atomic mass is 35.5. The fourth-order valence-corrected chi connectivity index (χ4v) is 2.48. The van der Waals surface area contributed by atoms with Gasteiger partial charge in [-0.1, -0.05) is 0 Å². The van der Waals surface area contributed by atoms with E-state index in [1.807, 2.05) is 9.80 Å². The minimum atomic E-state index is 0.207. The molecule has 0 aromatic rings. The van der Waals surface area contributed by atoms with Crippen LogP contribution in [0.5, 0.6) is 0 Å². The van der Waals surface area contributed by atoms with Gasteiger partial charge in [0.15, 0.2) is 0 Å². The maximum absolute atomic E-state index is 11.9. The highest BCUT2D eigenvalue weighted by molar-refractivity contribution is 6.17. The first-order valence-electron chi connectivity index (χ1n) is 6.85. The zero-order chi connectivity index (χ0) is 13.0. The predicted molar refractivity (Wildman–Crippen MR) is 70.5 cm³/mol. The third-order valence-electron chi connectivity index (χ3n) is 3.64. The Kier molecular flexibility index (Phi) is 4.87. The fourth-order valence-electron chi connectivity index (χ4n) is 2.29. The molecule has 0 N–H and O–H groups in total. The van der Waals surface area contributed by atoms with Crippen LogP contribution in [0.15, 0.2) is 0 Å². The minimum Gasteiger partial charge on any atom is -0.339 e. The van der Waals surface area contributed by atoms with Gasteiger partial charge in [0.2, 0.25) is 11.8 Å². The molecule has 2 fully saturated rings. The number of carbonyl (C=O) groups excluding carboxylic acids is 2. The molecule has 0 aromatic carbocycles. The zero-order valence-corrected chi connectivity index (χ0v) is 11.5. The standard InChI is InChI=1S/C13H21ClN2O2/c14-6-2-1-3-12(17)15-7-9-16(10-8-15)13(18)11-4-5-11/h11H,1-10H2. The second kappa shape index (κ2) is 6.41. The molecule has 0 aromatic heterocycles. The highest BCUT2D eigenvalue weighted by Crippen LogP contribution is 2.31. The Morgan fingerprint density at radius 3 is 2.17 bits per heavy atom. The molecule has 1 saturated carbocycles. The van der Waals surface area contributed by atoms with Gasteiger partial charge >= 0.3 is 0 Å². The van der Waals surface area contributed by atoms with Crippen LogP contribution in [0.25, 0.3) is 0 Å². The predicted octanol–water partition coefficient (Wildman–Crippen LogP) is 1.48. The monoisotopic (exact) mass is 272 g/mol. The molecule has 0 bridgehead atoms. The first kappa shape index (κ1) is 13.7. The third kappa shape index (κ3) is 3.61. The number of hydrogen-bond donors (Lipinski definition) is 0. The van der Waals surface area contributed by atoms with E-state index < -0.39 is 0 Å². The molecule has 0 spiro atoms. The second-order valence-corrected chi connectivity index (χ2v) is 5.50. The summed E-state index contributed by atoms with van der Waals surface area (Å²) in [5.74, 6) is 1.41. The smallest absolute Gasteiger partial charge is 0.225 e. The molecule has 1 aliphatic carbocycles. The third-order valence-corrected chi connectivity index (χ3v) is 3.91. The van der Waals surface area contributed by atoms with E-state index >= 15 is 0 Å². The molecular weight excluding hydrogens is 252 g/mol. The van der Waals surface area contributed by atoms with Gasteiger partial charge in [0, 0.05) is 44.4 Å². The maximum atomic E-state index is 11.9. The minimum absolute atomic E-state index is 0.207. The van der Waals surface area contributed by atoms with Crippen molar-refractivity contribution in [2.24, 2.45) is 5.92 Å². The van der Waals surface area contributed by atoms with Crippen LogP contribution in [0.1, 0.15) is 32.1 Å². The number of carbonyl (C=O) groups is 2. The summed E-state index contributed by atoms with van der Waals surface area (Å²) >= 11 is 5.59. The molecule has 0 radical (unpaired) electrons. The number of nitrogens with zero attached hydrogens (tertiary/aromatic N) is 2. The number of alkyl halides is 1. The average molecular weight is 273 g/mol. The van der Waals surface area contributed by atoms with Crippen molar-refractivity contribution in [2.45, 2.75) is 32.1 Å². The van der Waals surface area contributed by atoms with E-state index in [0.29, 0.717) is 44.4 Å². The van der Waals surface area contributed by atoms with Crippen LogP contribution >= 0.6 is 11.6 Å². The molecule has 0 unspecified atom stereocenters. The molecule has 102 valence electrons. The van der Waals surface area contributed by atoms with Gasteiger partial charge < -0.3 is 9.80 Å². The quantitative estimate of drug-likeness (QED) is 0.562. The molecule has 1 heterocycles. The van der Waals surface area contributed by atoms with Gasteiger partial charge in [0.25, 0.3) is 0 Å². The number of halogens is 1. The van der Waals surface area contributed by atoms with Crippen molar-refractivity contribution >= 4 is 23.4 Å². The number of unbranched alkanes of at least 4 members (excludes halogenated alkanes) is 1. The van der Waals surface area contributed by atoms with Gasteiger partial charge in [-0.3, -0.25) is 9.59 Å². The van der Waals surface area contributed by atoms with Crippen molar-refractivity contribution in [1.29, 1.82) is 0 Å². The summed E-state index contributed by atoms with van der Waals surface area (Å²) in [6, 6.07) is 0. The van der Waals surface area contributed by atoms with E-state index in [-0.39, 0.29) is 11.8 Å². The molecule has 4 nitrogen and oxygen atoms in total. The van der Waals surface area contributed by atoms with Crippen molar-refractivity contribution in [1.82, 2.24) is 9.80 Å². The van der Waals surface area contributed by atoms with Crippen molar-refractivity contribution in [2.75, 3.05) is 32.1 Å². The Morgan fingerprint density at radius 2 is 1.61 bits per heavy atom. The number of hydrogen-bond acceptors (Lipinski definition) is 2. The van der Waals surface area contributed by atoms with Gasteiger partial charge in [0.05, 0.1) is 0 Å². The number of rotatable bonds is 5. The van der Waals surface area contributed by atoms with Gasteiger partial charge in [-0.15, -0.1) is 11.6 Å². The molecule has 18 heavy (non-hydrogen) atoms. The summed E-state index contributed by atoms with van der Waals surface area (Å²) in [6.07, 6.45) is 4.45. The molecule has 1 aliphatic heterocycles. The van der Waals surface area contributed by atoms with Crippen LogP contribution < -0.4 is 0 Å². The van der Waals surface area contributed by atoms with Crippen molar-refractivity contribution in [3.05, 3.63) is 0 Å². The molecular formula is C13H21ClN2O2. The van der Waals surface area contributed by atoms with Crippen molar-refractivity contribution in [3.63, 3.8) is 0 Å². The number of piperazine rings is 1. The van der Waals surface area contributed by atoms with Crippen LogP contribution in [0, 0.1) is 5.92 Å². The normalized spacial score (nSPS) is 20.1. The lowest BCUT2D eigenvalue weighted by Gasteiger charge is -2.35.